The van der Waals surface area contributed by atoms with Crippen molar-refractivity contribution in [3.8, 4) is 0 Å². The summed E-state index contributed by atoms with van der Waals surface area (Å²) in [5.41, 5.74) is -2.48. The van der Waals surface area contributed by atoms with E-state index in [0.29, 0.717) is 19.5 Å². The molecule has 0 amide bonds. The first-order valence-electron chi connectivity index (χ1n) is 5.29. The number of aliphatic hydroxyl groups is 1. The number of nitrogens with zero attached hydrogens (tertiary/aromatic N) is 1. The predicted octanol–water partition coefficient (Wildman–Crippen LogP) is 2.17. The van der Waals surface area contributed by atoms with Gasteiger partial charge in [-0.25, -0.2) is 0 Å². The van der Waals surface area contributed by atoms with Crippen LogP contribution in [-0.2, 0) is 0 Å². The van der Waals surface area contributed by atoms with Crippen molar-refractivity contribution in [2.75, 3.05) is 13.1 Å². The highest BCUT2D eigenvalue weighted by Gasteiger charge is 2.53. The number of rotatable bonds is 1. The Morgan fingerprint density at radius 3 is 2.27 bits per heavy atom. The standard InChI is InChI=1S/C10H18F3NO/c1-8(2)14-6-3-4-9(15,5-7-14)10(11,12)13/h8,15H,3-7H2,1-2H3. The fourth-order valence-corrected chi connectivity index (χ4v) is 1.94. The molecule has 5 heteroatoms. The Bertz CT molecular complexity index is 217. The van der Waals surface area contributed by atoms with Gasteiger partial charge < -0.3 is 10.0 Å². The summed E-state index contributed by atoms with van der Waals surface area (Å²) < 4.78 is 37.7. The van der Waals surface area contributed by atoms with Crippen LogP contribution < -0.4 is 0 Å². The molecule has 90 valence electrons. The molecule has 0 saturated carbocycles. The van der Waals surface area contributed by atoms with E-state index in [4.69, 9.17) is 0 Å². The van der Waals surface area contributed by atoms with Crippen LogP contribution in [0.2, 0.25) is 0 Å². The maximum absolute atomic E-state index is 12.6. The lowest BCUT2D eigenvalue weighted by Gasteiger charge is -2.29. The minimum absolute atomic E-state index is 0.181. The maximum atomic E-state index is 12.6. The lowest BCUT2D eigenvalue weighted by atomic mass is 9.94. The number of hydrogen-bond donors (Lipinski definition) is 1. The summed E-state index contributed by atoms with van der Waals surface area (Å²) in [7, 11) is 0. The minimum atomic E-state index is -4.50. The van der Waals surface area contributed by atoms with Gasteiger partial charge in [-0.1, -0.05) is 0 Å². The topological polar surface area (TPSA) is 23.5 Å². The molecule has 0 radical (unpaired) electrons. The Labute approximate surface area is 88.1 Å². The van der Waals surface area contributed by atoms with Crippen LogP contribution in [0.4, 0.5) is 13.2 Å². The van der Waals surface area contributed by atoms with Crippen molar-refractivity contribution in [2.24, 2.45) is 0 Å². The van der Waals surface area contributed by atoms with Crippen LogP contribution in [0.1, 0.15) is 33.1 Å². The quantitative estimate of drug-likeness (QED) is 0.739. The van der Waals surface area contributed by atoms with Crippen molar-refractivity contribution in [3.63, 3.8) is 0 Å². The molecule has 1 aliphatic heterocycles. The summed E-state index contributed by atoms with van der Waals surface area (Å²) in [5.74, 6) is 0. The first kappa shape index (κ1) is 12.8. The van der Waals surface area contributed by atoms with E-state index in [2.05, 4.69) is 0 Å². The molecule has 0 aliphatic carbocycles. The molecule has 15 heavy (non-hydrogen) atoms. The van der Waals surface area contributed by atoms with Crippen LogP contribution in [0.15, 0.2) is 0 Å². The Balaban J connectivity index is 2.67. The molecule has 1 fully saturated rings. The zero-order valence-corrected chi connectivity index (χ0v) is 9.14. The summed E-state index contributed by atoms with van der Waals surface area (Å²) in [5, 5.41) is 9.54. The van der Waals surface area contributed by atoms with Gasteiger partial charge in [-0.2, -0.15) is 13.2 Å². The fourth-order valence-electron chi connectivity index (χ4n) is 1.94. The highest BCUT2D eigenvalue weighted by molar-refractivity contribution is 4.90. The first-order chi connectivity index (χ1) is 6.76. The molecular weight excluding hydrogens is 207 g/mol. The SMILES string of the molecule is CC(C)N1CCCC(O)(C(F)(F)F)CC1. The normalized spacial score (nSPS) is 30.6. The lowest BCUT2D eigenvalue weighted by Crippen LogP contribution is -2.46. The summed E-state index contributed by atoms with van der Waals surface area (Å²) >= 11 is 0. The number of hydrogen-bond acceptors (Lipinski definition) is 2. The number of halogens is 3. The fraction of sp³-hybridized carbons (Fsp3) is 1.00. The average molecular weight is 225 g/mol. The molecule has 1 atom stereocenters. The molecule has 0 aromatic carbocycles. The monoisotopic (exact) mass is 225 g/mol. The van der Waals surface area contributed by atoms with Crippen LogP contribution in [-0.4, -0.2) is 40.9 Å². The summed E-state index contributed by atoms with van der Waals surface area (Å²) in [6.45, 7) is 4.86. The minimum Gasteiger partial charge on any atom is -0.380 e. The predicted molar refractivity (Wildman–Crippen MR) is 51.6 cm³/mol. The molecule has 1 N–H and O–H groups in total. The van der Waals surface area contributed by atoms with E-state index in [9.17, 15) is 18.3 Å². The second kappa shape index (κ2) is 4.29. The molecule has 1 unspecified atom stereocenters. The van der Waals surface area contributed by atoms with Crippen LogP contribution in [0, 0.1) is 0 Å². The van der Waals surface area contributed by atoms with E-state index in [-0.39, 0.29) is 18.9 Å². The molecular formula is C10H18F3NO. The molecule has 0 aromatic rings. The molecule has 2 nitrogen and oxygen atoms in total. The van der Waals surface area contributed by atoms with Crippen LogP contribution in [0.25, 0.3) is 0 Å². The molecule has 0 spiro atoms. The molecule has 1 aliphatic rings. The van der Waals surface area contributed by atoms with Gasteiger partial charge in [0.2, 0.25) is 0 Å². The van der Waals surface area contributed by atoms with E-state index in [1.54, 1.807) is 0 Å². The Kier molecular flexibility index (Phi) is 3.66. The third-order valence-electron chi connectivity index (χ3n) is 3.11. The van der Waals surface area contributed by atoms with Crippen molar-refractivity contribution >= 4 is 0 Å². The van der Waals surface area contributed by atoms with E-state index in [1.165, 1.54) is 0 Å². The highest BCUT2D eigenvalue weighted by atomic mass is 19.4. The van der Waals surface area contributed by atoms with Gasteiger partial charge in [-0.15, -0.1) is 0 Å². The van der Waals surface area contributed by atoms with Crippen LogP contribution >= 0.6 is 0 Å². The van der Waals surface area contributed by atoms with Gasteiger partial charge in [0, 0.05) is 12.6 Å². The molecule has 0 bridgehead atoms. The zero-order chi connectivity index (χ0) is 11.7. The Hall–Kier alpha value is -0.290. The van der Waals surface area contributed by atoms with Gasteiger partial charge in [0.25, 0.3) is 0 Å². The van der Waals surface area contributed by atoms with Crippen LogP contribution in [0.5, 0.6) is 0 Å². The summed E-state index contributed by atoms with van der Waals surface area (Å²) in [6.07, 6.45) is -4.50. The van der Waals surface area contributed by atoms with E-state index in [1.807, 2.05) is 18.7 Å². The molecule has 1 saturated heterocycles. The largest absolute Gasteiger partial charge is 0.417 e. The smallest absolute Gasteiger partial charge is 0.380 e. The van der Waals surface area contributed by atoms with Gasteiger partial charge in [-0.05, 0) is 39.7 Å². The summed E-state index contributed by atoms with van der Waals surface area (Å²) in [4.78, 5) is 1.98. The molecule has 1 rings (SSSR count). The van der Waals surface area contributed by atoms with Crippen molar-refractivity contribution in [1.82, 2.24) is 4.90 Å². The van der Waals surface area contributed by atoms with Crippen LogP contribution in [0.3, 0.4) is 0 Å². The third kappa shape index (κ3) is 2.84. The summed E-state index contributed by atoms with van der Waals surface area (Å²) in [6, 6.07) is 0.237. The van der Waals surface area contributed by atoms with Crippen molar-refractivity contribution in [2.45, 2.75) is 50.9 Å². The second-order valence-corrected chi connectivity index (χ2v) is 4.51. The van der Waals surface area contributed by atoms with E-state index < -0.39 is 11.8 Å². The van der Waals surface area contributed by atoms with Crippen molar-refractivity contribution < 1.29 is 18.3 Å². The van der Waals surface area contributed by atoms with Gasteiger partial charge in [0.15, 0.2) is 5.60 Å². The highest BCUT2D eigenvalue weighted by Crippen LogP contribution is 2.38. The van der Waals surface area contributed by atoms with Gasteiger partial charge >= 0.3 is 6.18 Å². The number of likely N-dealkylation sites (tertiary alicyclic amines) is 1. The van der Waals surface area contributed by atoms with Crippen molar-refractivity contribution in [3.05, 3.63) is 0 Å². The number of alkyl halides is 3. The first-order valence-corrected chi connectivity index (χ1v) is 5.29. The van der Waals surface area contributed by atoms with Gasteiger partial charge in [0.1, 0.15) is 0 Å². The Morgan fingerprint density at radius 1 is 1.20 bits per heavy atom. The lowest BCUT2D eigenvalue weighted by molar-refractivity contribution is -0.263. The van der Waals surface area contributed by atoms with Gasteiger partial charge in [0.05, 0.1) is 0 Å². The third-order valence-corrected chi connectivity index (χ3v) is 3.11. The van der Waals surface area contributed by atoms with E-state index >= 15 is 0 Å². The van der Waals surface area contributed by atoms with Gasteiger partial charge in [-0.3, -0.25) is 0 Å². The average Bonchev–Trinajstić information content (AvgIpc) is 2.26. The molecule has 0 aromatic heterocycles. The van der Waals surface area contributed by atoms with Crippen molar-refractivity contribution in [1.29, 1.82) is 0 Å². The maximum Gasteiger partial charge on any atom is 0.417 e. The van der Waals surface area contributed by atoms with E-state index in [0.717, 1.165) is 0 Å². The second-order valence-electron chi connectivity index (χ2n) is 4.51. The molecule has 1 heterocycles. The Morgan fingerprint density at radius 2 is 1.80 bits per heavy atom. The zero-order valence-electron chi connectivity index (χ0n) is 9.14.